The van der Waals surface area contributed by atoms with Crippen molar-refractivity contribution in [2.45, 2.75) is 31.6 Å². The van der Waals surface area contributed by atoms with E-state index in [0.717, 1.165) is 28.4 Å². The van der Waals surface area contributed by atoms with Crippen LogP contribution >= 0.6 is 0 Å². The SMILES string of the molecule is CC1(C)c2ccccc2-c2cc3c4c(n(-c5nc(-c6ccccc6)nc(-c6ccccc6)n5)c3cc21)=CCC(c1cccc2c1c1ccccc1n2-c1ccccc1)C=4. The van der Waals surface area contributed by atoms with Gasteiger partial charge in [-0.1, -0.05) is 159 Å². The minimum absolute atomic E-state index is 0.148. The van der Waals surface area contributed by atoms with E-state index in [9.17, 15) is 0 Å². The van der Waals surface area contributed by atoms with E-state index >= 15 is 0 Å². The van der Waals surface area contributed by atoms with E-state index in [1.807, 2.05) is 36.4 Å². The van der Waals surface area contributed by atoms with Gasteiger partial charge in [0.05, 0.1) is 21.9 Å². The first-order chi connectivity index (χ1) is 29.0. The molecule has 2 aliphatic carbocycles. The van der Waals surface area contributed by atoms with Crippen LogP contribution in [0.15, 0.2) is 170 Å². The monoisotopic (exact) mass is 757 g/mol. The van der Waals surface area contributed by atoms with Crippen LogP contribution < -0.4 is 10.6 Å². The van der Waals surface area contributed by atoms with Gasteiger partial charge in [0.25, 0.3) is 0 Å². The Labute approximate surface area is 341 Å². The van der Waals surface area contributed by atoms with Gasteiger partial charge in [-0.15, -0.1) is 0 Å². The van der Waals surface area contributed by atoms with Crippen molar-refractivity contribution in [2.75, 3.05) is 0 Å². The van der Waals surface area contributed by atoms with Crippen LogP contribution in [0.25, 0.3) is 90.4 Å². The molecule has 0 aliphatic heterocycles. The van der Waals surface area contributed by atoms with Gasteiger partial charge in [0, 0.05) is 49.5 Å². The van der Waals surface area contributed by atoms with Crippen LogP contribution in [-0.2, 0) is 5.41 Å². The highest BCUT2D eigenvalue weighted by Gasteiger charge is 2.36. The summed E-state index contributed by atoms with van der Waals surface area (Å²) in [6.07, 6.45) is 5.78. The van der Waals surface area contributed by atoms with Crippen LogP contribution in [0.2, 0.25) is 0 Å². The van der Waals surface area contributed by atoms with E-state index in [1.54, 1.807) is 0 Å². The van der Waals surface area contributed by atoms with Gasteiger partial charge in [-0.2, -0.15) is 9.97 Å². The van der Waals surface area contributed by atoms with Crippen LogP contribution in [-0.4, -0.2) is 24.1 Å². The number of nitrogens with zero attached hydrogens (tertiary/aromatic N) is 5. The highest BCUT2D eigenvalue weighted by atomic mass is 15.2. The highest BCUT2D eigenvalue weighted by Crippen LogP contribution is 2.49. The molecule has 59 heavy (non-hydrogen) atoms. The smallest absolute Gasteiger partial charge is 0.238 e. The molecule has 2 aliphatic rings. The lowest BCUT2D eigenvalue weighted by molar-refractivity contribution is 0.661. The van der Waals surface area contributed by atoms with E-state index < -0.39 is 0 Å². The molecule has 0 amide bonds. The minimum Gasteiger partial charge on any atom is -0.309 e. The summed E-state index contributed by atoms with van der Waals surface area (Å²) in [6.45, 7) is 4.70. The van der Waals surface area contributed by atoms with Gasteiger partial charge in [-0.3, -0.25) is 4.57 Å². The average Bonchev–Trinajstić information content (AvgIpc) is 3.89. The van der Waals surface area contributed by atoms with E-state index in [2.05, 4.69) is 169 Å². The fourth-order valence-electron chi connectivity index (χ4n) is 9.95. The van der Waals surface area contributed by atoms with E-state index in [-0.39, 0.29) is 11.3 Å². The molecule has 1 atom stereocenters. The molecule has 0 saturated carbocycles. The third kappa shape index (κ3) is 5.07. The van der Waals surface area contributed by atoms with Crippen LogP contribution in [0.1, 0.15) is 42.9 Å². The van der Waals surface area contributed by atoms with Crippen molar-refractivity contribution in [1.29, 1.82) is 0 Å². The maximum absolute atomic E-state index is 5.29. The zero-order valence-electron chi connectivity index (χ0n) is 32.8. The van der Waals surface area contributed by atoms with Gasteiger partial charge in [-0.05, 0) is 70.6 Å². The van der Waals surface area contributed by atoms with Crippen LogP contribution in [0.5, 0.6) is 0 Å². The minimum atomic E-state index is -0.169. The number of para-hydroxylation sites is 2. The Morgan fingerprint density at radius 2 is 1.17 bits per heavy atom. The fraction of sp³-hybridized carbons (Fsp3) is 0.0926. The Morgan fingerprint density at radius 3 is 1.92 bits per heavy atom. The maximum atomic E-state index is 5.29. The summed E-state index contributed by atoms with van der Waals surface area (Å²) in [4.78, 5) is 15.6. The molecular weight excluding hydrogens is 719 g/mol. The first-order valence-corrected chi connectivity index (χ1v) is 20.5. The summed E-state index contributed by atoms with van der Waals surface area (Å²) < 4.78 is 4.72. The van der Waals surface area contributed by atoms with Crippen LogP contribution in [0.4, 0.5) is 0 Å². The topological polar surface area (TPSA) is 48.5 Å². The first-order valence-electron chi connectivity index (χ1n) is 20.5. The predicted octanol–water partition coefficient (Wildman–Crippen LogP) is 11.3. The van der Waals surface area contributed by atoms with Crippen LogP contribution in [0, 0.1) is 0 Å². The van der Waals surface area contributed by atoms with Gasteiger partial charge in [-0.25, -0.2) is 4.98 Å². The Morgan fingerprint density at radius 1 is 0.525 bits per heavy atom. The Kier molecular flexibility index (Phi) is 7.33. The molecule has 0 spiro atoms. The maximum Gasteiger partial charge on any atom is 0.238 e. The van der Waals surface area contributed by atoms with Gasteiger partial charge >= 0.3 is 0 Å². The fourth-order valence-corrected chi connectivity index (χ4v) is 9.95. The molecule has 7 aromatic carbocycles. The van der Waals surface area contributed by atoms with Crippen molar-refractivity contribution >= 4 is 44.9 Å². The van der Waals surface area contributed by atoms with E-state index in [4.69, 9.17) is 15.0 Å². The number of fused-ring (bicyclic) bond motifs is 9. The number of rotatable bonds is 5. The molecule has 12 rings (SSSR count). The molecule has 3 heterocycles. The quantitative estimate of drug-likeness (QED) is 0.176. The molecule has 10 aromatic rings. The van der Waals surface area contributed by atoms with Crippen LogP contribution in [0.3, 0.4) is 0 Å². The zero-order valence-corrected chi connectivity index (χ0v) is 32.8. The van der Waals surface area contributed by atoms with Crippen molar-refractivity contribution in [3.05, 3.63) is 197 Å². The summed E-state index contributed by atoms with van der Waals surface area (Å²) >= 11 is 0. The molecule has 0 saturated heterocycles. The van der Waals surface area contributed by atoms with E-state index in [0.29, 0.717) is 17.6 Å². The Hall–Kier alpha value is -7.37. The number of hydrogen-bond acceptors (Lipinski definition) is 3. The van der Waals surface area contributed by atoms with Crippen molar-refractivity contribution in [3.63, 3.8) is 0 Å². The third-order valence-corrected chi connectivity index (χ3v) is 12.7. The molecule has 0 radical (unpaired) electrons. The standard InChI is InChI=1S/C54H39N5/c1-54(2)44-26-14-12-23-39(44)41-32-43-42-31-36(38-25-16-28-48-50(38)40-24-13-15-27-46(40)58(48)37-21-10-5-11-22-37)29-30-47(42)59(49(43)33-45(41)54)53-56-51(34-17-6-3-7-18-34)55-52(57-53)35-19-8-4-9-20-35/h3-28,30-33,36H,29H2,1-2H3. The van der Waals surface area contributed by atoms with E-state index in [1.165, 1.54) is 65.9 Å². The molecule has 3 aromatic heterocycles. The number of aromatic nitrogens is 5. The molecular formula is C54H39N5. The van der Waals surface area contributed by atoms with Crippen molar-refractivity contribution in [3.8, 4) is 45.5 Å². The summed E-state index contributed by atoms with van der Waals surface area (Å²) in [7, 11) is 0. The lowest BCUT2D eigenvalue weighted by Gasteiger charge is -2.21. The molecule has 0 bridgehead atoms. The highest BCUT2D eigenvalue weighted by molar-refractivity contribution is 6.11. The van der Waals surface area contributed by atoms with Gasteiger partial charge in [0.15, 0.2) is 11.6 Å². The average molecular weight is 758 g/mol. The van der Waals surface area contributed by atoms with Crippen molar-refractivity contribution < 1.29 is 0 Å². The Bertz CT molecular complexity index is 3370. The largest absolute Gasteiger partial charge is 0.309 e. The molecule has 5 nitrogen and oxygen atoms in total. The second-order valence-corrected chi connectivity index (χ2v) is 16.4. The molecule has 280 valence electrons. The molecule has 0 fully saturated rings. The van der Waals surface area contributed by atoms with Crippen molar-refractivity contribution in [2.24, 2.45) is 0 Å². The number of benzene rings is 7. The lowest BCUT2D eigenvalue weighted by Crippen LogP contribution is -2.32. The second-order valence-electron chi connectivity index (χ2n) is 16.4. The summed E-state index contributed by atoms with van der Waals surface area (Å²) in [5, 5.41) is 6.12. The summed E-state index contributed by atoms with van der Waals surface area (Å²) in [6, 6.07) is 60.7. The first kappa shape index (κ1) is 33.7. The van der Waals surface area contributed by atoms with Gasteiger partial charge in [0.2, 0.25) is 5.95 Å². The summed E-state index contributed by atoms with van der Waals surface area (Å²) in [5.74, 6) is 2.07. The normalized spacial score (nSPS) is 15.1. The zero-order chi connectivity index (χ0) is 39.2. The molecule has 1 unspecified atom stereocenters. The predicted molar refractivity (Wildman–Crippen MR) is 241 cm³/mol. The summed E-state index contributed by atoms with van der Waals surface area (Å²) in [5.41, 5.74) is 13.1. The molecule has 0 N–H and O–H groups in total. The second kappa shape index (κ2) is 12.8. The third-order valence-electron chi connectivity index (χ3n) is 12.7. The van der Waals surface area contributed by atoms with Gasteiger partial charge in [0.1, 0.15) is 0 Å². The number of hydrogen-bond donors (Lipinski definition) is 0. The molecule has 5 heteroatoms. The van der Waals surface area contributed by atoms with Crippen molar-refractivity contribution in [1.82, 2.24) is 24.1 Å². The lowest BCUT2D eigenvalue weighted by atomic mass is 9.82. The van der Waals surface area contributed by atoms with Gasteiger partial charge < -0.3 is 4.57 Å². The Balaban J connectivity index is 1.15.